The van der Waals surface area contributed by atoms with Gasteiger partial charge in [-0.3, -0.25) is 4.79 Å². The minimum absolute atomic E-state index is 0.195. The van der Waals surface area contributed by atoms with Crippen LogP contribution in [0.1, 0.15) is 86.5 Å². The molecular weight excluding hydrogens is 258 g/mol. The Balaban J connectivity index is 2.69. The van der Waals surface area contributed by atoms with Crippen LogP contribution in [0, 0.1) is 22.7 Å². The summed E-state index contributed by atoms with van der Waals surface area (Å²) in [5.74, 6) is 1.36. The summed E-state index contributed by atoms with van der Waals surface area (Å²) < 4.78 is 0. The van der Waals surface area contributed by atoms with Crippen molar-refractivity contribution in [1.29, 1.82) is 0 Å². The highest BCUT2D eigenvalue weighted by molar-refractivity contribution is 5.86. The molecule has 2 heteroatoms. The maximum absolute atomic E-state index is 12.7. The fourth-order valence-corrected chi connectivity index (χ4v) is 4.50. The van der Waals surface area contributed by atoms with Gasteiger partial charge in [0, 0.05) is 17.4 Å². The predicted molar refractivity (Wildman–Crippen MR) is 91.2 cm³/mol. The van der Waals surface area contributed by atoms with Gasteiger partial charge in [0.1, 0.15) is 5.78 Å². The monoisotopic (exact) mass is 295 g/mol. The Morgan fingerprint density at radius 1 is 1.14 bits per heavy atom. The van der Waals surface area contributed by atoms with E-state index in [1.807, 2.05) is 0 Å². The Hall–Kier alpha value is -0.370. The number of nitrogens with two attached hydrogens (primary N) is 1. The average molecular weight is 296 g/mol. The van der Waals surface area contributed by atoms with Crippen molar-refractivity contribution in [3.05, 3.63) is 0 Å². The van der Waals surface area contributed by atoms with Crippen LogP contribution in [0.3, 0.4) is 0 Å². The molecule has 0 aromatic rings. The molecule has 21 heavy (non-hydrogen) atoms. The molecule has 1 aliphatic rings. The molecule has 0 amide bonds. The fraction of sp³-hybridized carbons (Fsp3) is 0.947. The highest BCUT2D eigenvalue weighted by Gasteiger charge is 2.40. The zero-order valence-corrected chi connectivity index (χ0v) is 15.2. The first-order valence-electron chi connectivity index (χ1n) is 8.90. The van der Waals surface area contributed by atoms with Crippen molar-refractivity contribution < 1.29 is 4.79 Å². The molecule has 0 aromatic heterocycles. The Morgan fingerprint density at radius 3 is 2.14 bits per heavy atom. The van der Waals surface area contributed by atoms with Gasteiger partial charge in [-0.2, -0.15) is 0 Å². The van der Waals surface area contributed by atoms with Crippen LogP contribution in [0.5, 0.6) is 0 Å². The average Bonchev–Trinajstić information content (AvgIpc) is 2.37. The largest absolute Gasteiger partial charge is 0.328 e. The van der Waals surface area contributed by atoms with Gasteiger partial charge >= 0.3 is 0 Å². The molecule has 1 rings (SSSR count). The quantitative estimate of drug-likeness (QED) is 0.722. The normalized spacial score (nSPS) is 25.7. The van der Waals surface area contributed by atoms with Crippen LogP contribution < -0.4 is 5.73 Å². The minimum Gasteiger partial charge on any atom is -0.328 e. The molecule has 1 fully saturated rings. The van der Waals surface area contributed by atoms with Gasteiger partial charge < -0.3 is 5.73 Å². The van der Waals surface area contributed by atoms with Gasteiger partial charge in [-0.15, -0.1) is 0 Å². The lowest BCUT2D eigenvalue weighted by Gasteiger charge is -2.43. The van der Waals surface area contributed by atoms with Crippen molar-refractivity contribution in [3.8, 4) is 0 Å². The topological polar surface area (TPSA) is 43.1 Å². The van der Waals surface area contributed by atoms with Crippen molar-refractivity contribution in [2.75, 3.05) is 0 Å². The Morgan fingerprint density at radius 2 is 1.67 bits per heavy atom. The maximum Gasteiger partial charge on any atom is 0.141 e. The summed E-state index contributed by atoms with van der Waals surface area (Å²) in [4.78, 5) is 12.7. The van der Waals surface area contributed by atoms with E-state index in [1.165, 1.54) is 12.8 Å². The van der Waals surface area contributed by atoms with Crippen molar-refractivity contribution in [2.45, 2.75) is 92.5 Å². The van der Waals surface area contributed by atoms with E-state index in [4.69, 9.17) is 5.73 Å². The third-order valence-electron chi connectivity index (χ3n) is 5.61. The van der Waals surface area contributed by atoms with E-state index >= 15 is 0 Å². The third kappa shape index (κ3) is 5.09. The van der Waals surface area contributed by atoms with E-state index in [0.29, 0.717) is 17.7 Å². The highest BCUT2D eigenvalue weighted by atomic mass is 16.1. The molecule has 0 aromatic carbocycles. The predicted octanol–water partition coefficient (Wildman–Crippen LogP) is 4.95. The number of Topliss-reactive ketones (excluding diaryl/α,β-unsaturated/α-hetero) is 1. The molecule has 1 aliphatic carbocycles. The van der Waals surface area contributed by atoms with Gasteiger partial charge in [-0.05, 0) is 49.9 Å². The molecule has 1 atom stereocenters. The van der Waals surface area contributed by atoms with Crippen molar-refractivity contribution in [1.82, 2.24) is 0 Å². The van der Waals surface area contributed by atoms with Crippen LogP contribution >= 0.6 is 0 Å². The number of carbonyl (C=O) groups is 1. The van der Waals surface area contributed by atoms with Crippen molar-refractivity contribution in [2.24, 2.45) is 28.4 Å². The van der Waals surface area contributed by atoms with Gasteiger partial charge in [0.05, 0.1) is 0 Å². The summed E-state index contributed by atoms with van der Waals surface area (Å²) in [6.45, 7) is 13.3. The summed E-state index contributed by atoms with van der Waals surface area (Å²) >= 11 is 0. The fourth-order valence-electron chi connectivity index (χ4n) is 4.50. The van der Waals surface area contributed by atoms with Gasteiger partial charge in [-0.1, -0.05) is 48.0 Å². The third-order valence-corrected chi connectivity index (χ3v) is 5.61. The second kappa shape index (κ2) is 7.26. The number of hydrogen-bond donors (Lipinski definition) is 1. The Labute approximate surface area is 132 Å². The lowest BCUT2D eigenvalue weighted by atomic mass is 9.62. The van der Waals surface area contributed by atoms with Gasteiger partial charge in [0.2, 0.25) is 0 Å². The molecule has 124 valence electrons. The van der Waals surface area contributed by atoms with E-state index in [1.54, 1.807) is 0 Å². The lowest BCUT2D eigenvalue weighted by molar-refractivity contribution is -0.133. The van der Waals surface area contributed by atoms with Crippen molar-refractivity contribution in [3.63, 3.8) is 0 Å². The molecular formula is C19H37NO. The zero-order chi connectivity index (χ0) is 16.3. The van der Waals surface area contributed by atoms with Gasteiger partial charge in [-0.25, -0.2) is 0 Å². The molecule has 0 heterocycles. The van der Waals surface area contributed by atoms with Crippen LogP contribution in [-0.2, 0) is 4.79 Å². The lowest BCUT2D eigenvalue weighted by Crippen LogP contribution is -2.39. The summed E-state index contributed by atoms with van der Waals surface area (Å²) in [7, 11) is 0. The second-order valence-electron chi connectivity index (χ2n) is 8.71. The number of hydrogen-bond acceptors (Lipinski definition) is 2. The SMILES string of the molecule is CCCC(C)C(=O)C(C)(C)CC(C)(C)C1CCC(N)CC1. The minimum atomic E-state index is -0.211. The Kier molecular flexibility index (Phi) is 6.46. The first-order chi connectivity index (χ1) is 9.60. The van der Waals surface area contributed by atoms with E-state index in [2.05, 4.69) is 41.5 Å². The molecule has 0 aliphatic heterocycles. The van der Waals surface area contributed by atoms with E-state index in [9.17, 15) is 4.79 Å². The molecule has 0 spiro atoms. The second-order valence-corrected chi connectivity index (χ2v) is 8.71. The smallest absolute Gasteiger partial charge is 0.141 e. The van der Waals surface area contributed by atoms with Gasteiger partial charge in [0.15, 0.2) is 0 Å². The maximum atomic E-state index is 12.7. The van der Waals surface area contributed by atoms with Crippen LogP contribution in [0.4, 0.5) is 0 Å². The highest BCUT2D eigenvalue weighted by Crippen LogP contribution is 2.46. The Bertz CT molecular complexity index is 337. The molecule has 1 unspecified atom stereocenters. The first kappa shape index (κ1) is 18.7. The zero-order valence-electron chi connectivity index (χ0n) is 15.2. The summed E-state index contributed by atoms with van der Waals surface area (Å²) in [5, 5.41) is 0. The summed E-state index contributed by atoms with van der Waals surface area (Å²) in [5.41, 5.74) is 6.05. The summed E-state index contributed by atoms with van der Waals surface area (Å²) in [6, 6.07) is 0.399. The number of ketones is 1. The van der Waals surface area contributed by atoms with Crippen molar-refractivity contribution >= 4 is 5.78 Å². The molecule has 1 saturated carbocycles. The molecule has 2 nitrogen and oxygen atoms in total. The van der Waals surface area contributed by atoms with Crippen LogP contribution in [0.2, 0.25) is 0 Å². The molecule has 0 radical (unpaired) electrons. The number of carbonyl (C=O) groups excluding carboxylic acids is 1. The molecule has 0 bridgehead atoms. The van der Waals surface area contributed by atoms with Crippen LogP contribution in [0.15, 0.2) is 0 Å². The van der Waals surface area contributed by atoms with E-state index in [-0.39, 0.29) is 16.7 Å². The van der Waals surface area contributed by atoms with E-state index < -0.39 is 0 Å². The molecule has 0 saturated heterocycles. The number of rotatable bonds is 7. The van der Waals surface area contributed by atoms with E-state index in [0.717, 1.165) is 32.1 Å². The standard InChI is InChI=1S/C19H37NO/c1-7-8-14(2)17(21)19(5,6)13-18(3,4)15-9-11-16(20)12-10-15/h14-16H,7-13,20H2,1-6H3. The van der Waals surface area contributed by atoms with Crippen LogP contribution in [0.25, 0.3) is 0 Å². The van der Waals surface area contributed by atoms with Gasteiger partial charge in [0.25, 0.3) is 0 Å². The summed E-state index contributed by atoms with van der Waals surface area (Å²) in [6.07, 6.45) is 7.84. The molecule has 2 N–H and O–H groups in total. The first-order valence-corrected chi connectivity index (χ1v) is 8.90. The van der Waals surface area contributed by atoms with Crippen LogP contribution in [-0.4, -0.2) is 11.8 Å².